The summed E-state index contributed by atoms with van der Waals surface area (Å²) in [7, 11) is 0. The van der Waals surface area contributed by atoms with Crippen LogP contribution in [0.15, 0.2) is 22.0 Å². The van der Waals surface area contributed by atoms with Gasteiger partial charge in [-0.2, -0.15) is 10.5 Å². The highest BCUT2D eigenvalue weighted by atomic mass is 32.2. The second-order valence-corrected chi connectivity index (χ2v) is 18.3. The molecule has 290 valence electrons. The van der Waals surface area contributed by atoms with E-state index in [1.807, 2.05) is 0 Å². The molecule has 1 heterocycles. The highest BCUT2D eigenvalue weighted by Gasteiger charge is 2.38. The van der Waals surface area contributed by atoms with E-state index in [9.17, 15) is 29.7 Å². The van der Waals surface area contributed by atoms with Gasteiger partial charge in [0.15, 0.2) is 5.57 Å². The molecular weight excluding hydrogens is 713 g/mol. The molecule has 0 spiro atoms. The Morgan fingerprint density at radius 2 is 1.15 bits per heavy atom. The molecule has 5 fully saturated rings. The second-order valence-electron chi connectivity index (χ2n) is 15.8. The Morgan fingerprint density at radius 1 is 0.660 bits per heavy atom. The Balaban J connectivity index is 0.947. The van der Waals surface area contributed by atoms with Crippen molar-refractivity contribution in [3.8, 4) is 12.1 Å². The maximum Gasteiger partial charge on any atom is 0.350 e. The molecule has 12 heteroatoms. The molecule has 1 saturated heterocycles. The molecule has 5 aliphatic rings. The molecule has 10 nitrogen and oxygen atoms in total. The predicted octanol–water partition coefficient (Wildman–Crippen LogP) is 8.35. The van der Waals surface area contributed by atoms with Crippen LogP contribution in [0.3, 0.4) is 0 Å². The number of nitrogens with zero attached hydrogens (tertiary/aromatic N) is 2. The van der Waals surface area contributed by atoms with Crippen LogP contribution in [-0.4, -0.2) is 60.3 Å². The SMILES string of the molecule is C=C(C)C(=O)OCCOC(=O)CCC(=O)OC1CCC(C2CCC(OC(=O)/C(C#N)=C3\SCC(C4CCC(C5CCC(C#N)CC5)CC4)S3)CC2)CC1. The van der Waals surface area contributed by atoms with Crippen LogP contribution < -0.4 is 0 Å². The van der Waals surface area contributed by atoms with Gasteiger partial charge in [-0.05, 0) is 139 Å². The number of hydrogen-bond donors (Lipinski definition) is 0. The normalized spacial score (nSPS) is 32.6. The molecule has 0 bridgehead atoms. The Hall–Kier alpha value is -2.96. The van der Waals surface area contributed by atoms with E-state index in [4.69, 9.17) is 18.9 Å². The predicted molar refractivity (Wildman–Crippen MR) is 203 cm³/mol. The number of esters is 4. The van der Waals surface area contributed by atoms with Gasteiger partial charge in [0, 0.05) is 22.5 Å². The smallest absolute Gasteiger partial charge is 0.350 e. The fourth-order valence-electron chi connectivity index (χ4n) is 9.11. The number of ether oxygens (including phenoxy) is 4. The van der Waals surface area contributed by atoms with E-state index < -0.39 is 23.9 Å². The summed E-state index contributed by atoms with van der Waals surface area (Å²) in [4.78, 5) is 48.8. The zero-order valence-corrected chi connectivity index (χ0v) is 32.9. The monoisotopic (exact) mass is 768 g/mol. The highest BCUT2D eigenvalue weighted by Crippen LogP contribution is 2.51. The first-order chi connectivity index (χ1) is 25.6. The number of carbonyl (C=O) groups is 4. The lowest BCUT2D eigenvalue weighted by Gasteiger charge is -2.38. The van der Waals surface area contributed by atoms with Crippen LogP contribution in [0.25, 0.3) is 0 Å². The first kappa shape index (κ1) is 41.2. The van der Waals surface area contributed by atoms with Crippen LogP contribution in [-0.2, 0) is 38.1 Å². The van der Waals surface area contributed by atoms with Gasteiger partial charge in [0.2, 0.25) is 0 Å². The van der Waals surface area contributed by atoms with Crippen molar-refractivity contribution in [2.24, 2.45) is 35.5 Å². The van der Waals surface area contributed by atoms with Crippen molar-refractivity contribution in [3.63, 3.8) is 0 Å². The van der Waals surface area contributed by atoms with E-state index >= 15 is 0 Å². The van der Waals surface area contributed by atoms with Crippen molar-refractivity contribution in [2.75, 3.05) is 19.0 Å². The van der Waals surface area contributed by atoms with Crippen molar-refractivity contribution < 1.29 is 38.1 Å². The van der Waals surface area contributed by atoms with Gasteiger partial charge in [-0.15, -0.1) is 23.5 Å². The third-order valence-corrected chi connectivity index (χ3v) is 15.4. The van der Waals surface area contributed by atoms with Gasteiger partial charge in [0.1, 0.15) is 31.5 Å². The maximum atomic E-state index is 13.2. The number of nitriles is 2. The summed E-state index contributed by atoms with van der Waals surface area (Å²) in [6.07, 6.45) is 16.2. The van der Waals surface area contributed by atoms with E-state index in [1.54, 1.807) is 23.5 Å². The van der Waals surface area contributed by atoms with Gasteiger partial charge in [0.25, 0.3) is 0 Å². The second kappa shape index (κ2) is 20.6. The Labute approximate surface area is 323 Å². The Morgan fingerprint density at radius 3 is 1.70 bits per heavy atom. The largest absolute Gasteiger partial charge is 0.462 e. The Kier molecular flexibility index (Phi) is 16.1. The minimum absolute atomic E-state index is 0.0526. The van der Waals surface area contributed by atoms with Crippen LogP contribution >= 0.6 is 23.5 Å². The summed E-state index contributed by atoms with van der Waals surface area (Å²) in [5, 5.41) is 19.7. The number of rotatable bonds is 13. The van der Waals surface area contributed by atoms with Gasteiger partial charge >= 0.3 is 23.9 Å². The quantitative estimate of drug-likeness (QED) is 0.0582. The molecule has 0 aromatic carbocycles. The average molecular weight is 769 g/mol. The molecule has 0 radical (unpaired) electrons. The van der Waals surface area contributed by atoms with Crippen molar-refractivity contribution in [2.45, 2.75) is 140 Å². The van der Waals surface area contributed by atoms with Crippen LogP contribution in [0.2, 0.25) is 0 Å². The van der Waals surface area contributed by atoms with E-state index in [2.05, 4.69) is 18.7 Å². The van der Waals surface area contributed by atoms with Crippen molar-refractivity contribution >= 4 is 47.4 Å². The Bertz CT molecular complexity index is 1420. The molecule has 0 aromatic heterocycles. The topological polar surface area (TPSA) is 153 Å². The van der Waals surface area contributed by atoms with Gasteiger partial charge in [-0.1, -0.05) is 6.58 Å². The van der Waals surface area contributed by atoms with Crippen LogP contribution in [0.5, 0.6) is 0 Å². The van der Waals surface area contributed by atoms with E-state index in [-0.39, 0.29) is 55.3 Å². The lowest BCUT2D eigenvalue weighted by molar-refractivity contribution is -0.156. The molecule has 1 unspecified atom stereocenters. The van der Waals surface area contributed by atoms with E-state index in [1.165, 1.54) is 45.4 Å². The number of thioether (sulfide) groups is 2. The van der Waals surface area contributed by atoms with E-state index in [0.717, 1.165) is 86.0 Å². The molecule has 0 N–H and O–H groups in total. The summed E-state index contributed by atoms with van der Waals surface area (Å²) >= 11 is 3.38. The number of carbonyl (C=O) groups excluding carboxylic acids is 4. The number of hydrogen-bond acceptors (Lipinski definition) is 12. The van der Waals surface area contributed by atoms with Gasteiger partial charge in [-0.3, -0.25) is 9.59 Å². The molecule has 4 saturated carbocycles. The molecule has 4 aliphatic carbocycles. The van der Waals surface area contributed by atoms with Gasteiger partial charge < -0.3 is 18.9 Å². The third-order valence-electron chi connectivity index (χ3n) is 12.3. The van der Waals surface area contributed by atoms with Gasteiger partial charge in [-0.25, -0.2) is 9.59 Å². The minimum atomic E-state index is -0.543. The van der Waals surface area contributed by atoms with Gasteiger partial charge in [0.05, 0.1) is 23.1 Å². The first-order valence-electron chi connectivity index (χ1n) is 19.9. The molecule has 53 heavy (non-hydrogen) atoms. The van der Waals surface area contributed by atoms with Crippen LogP contribution in [0.1, 0.15) is 122 Å². The average Bonchev–Trinajstić information content (AvgIpc) is 3.66. The molecule has 1 aliphatic heterocycles. The molecular formula is C41H56N2O8S2. The first-order valence-corrected chi connectivity index (χ1v) is 21.7. The fraction of sp³-hybridized carbons (Fsp3) is 0.756. The highest BCUT2D eigenvalue weighted by molar-refractivity contribution is 8.25. The fourth-order valence-corrected chi connectivity index (χ4v) is 12.3. The zero-order chi connectivity index (χ0) is 37.7. The lowest BCUT2D eigenvalue weighted by atomic mass is 9.69. The van der Waals surface area contributed by atoms with Crippen molar-refractivity contribution in [3.05, 3.63) is 22.0 Å². The molecule has 0 aromatic rings. The standard InChI is InChI=1S/C41H56N2O8S2/c1-26(2)39(46)49-22-21-48-37(44)19-20-38(45)50-33-15-11-30(12-16-33)31-13-17-34(18-14-31)51-40(47)35(24-43)41-52-25-36(53-41)32-9-7-29(8-10-32)28-5-3-27(23-42)4-6-28/h27-34,36H,1,3-22,25H2,2H3/b41-35+. The summed E-state index contributed by atoms with van der Waals surface area (Å²) in [5.41, 5.74) is 0.448. The van der Waals surface area contributed by atoms with E-state index in [0.29, 0.717) is 23.0 Å². The molecule has 0 amide bonds. The van der Waals surface area contributed by atoms with Crippen molar-refractivity contribution in [1.82, 2.24) is 0 Å². The van der Waals surface area contributed by atoms with Crippen LogP contribution in [0.4, 0.5) is 0 Å². The summed E-state index contributed by atoms with van der Waals surface area (Å²) in [6.45, 7) is 4.88. The molecule has 1 atom stereocenters. The third kappa shape index (κ3) is 12.3. The molecule has 5 rings (SSSR count). The lowest BCUT2D eigenvalue weighted by Crippen LogP contribution is -2.32. The zero-order valence-electron chi connectivity index (χ0n) is 31.2. The van der Waals surface area contributed by atoms with Crippen LogP contribution in [0, 0.1) is 58.2 Å². The van der Waals surface area contributed by atoms with Crippen molar-refractivity contribution in [1.29, 1.82) is 10.5 Å². The minimum Gasteiger partial charge on any atom is -0.462 e. The summed E-state index contributed by atoms with van der Waals surface area (Å²) in [6, 6.07) is 4.65. The maximum absolute atomic E-state index is 13.2. The summed E-state index contributed by atoms with van der Waals surface area (Å²) < 4.78 is 22.3. The summed E-state index contributed by atoms with van der Waals surface area (Å²) in [5.74, 6) is 2.52.